The van der Waals surface area contributed by atoms with Gasteiger partial charge in [-0.1, -0.05) is 6.92 Å². The molecule has 1 N–H and O–H groups in total. The lowest BCUT2D eigenvalue weighted by Crippen LogP contribution is -2.41. The van der Waals surface area contributed by atoms with Crippen LogP contribution < -0.4 is 5.32 Å². The third kappa shape index (κ3) is 3.23. The second-order valence-electron chi connectivity index (χ2n) is 6.68. The fourth-order valence-electron chi connectivity index (χ4n) is 2.94. The van der Waals surface area contributed by atoms with Crippen LogP contribution in [0.4, 0.5) is 0 Å². The smallest absolute Gasteiger partial charge is 0.289 e. The Morgan fingerprint density at radius 2 is 2.14 bits per heavy atom. The molecule has 0 spiro atoms. The standard InChI is InChI=1S/C16H24N4O/c1-10(2)20-8-11(3)14(9-20)19-16(21)15-17-7-6-13(18-15)12-4-5-12/h6-7,10-12,14H,4-5,8-9H2,1-3H3,(H,19,21)/t11-,14+/m1/s1. The van der Waals surface area contributed by atoms with E-state index in [2.05, 4.69) is 41.0 Å². The Balaban J connectivity index is 1.64. The SMILES string of the molecule is CC(C)N1C[C@@H](C)[C@@H](NC(=O)c2nccc(C3CC3)n2)C1. The van der Waals surface area contributed by atoms with Gasteiger partial charge in [0.2, 0.25) is 5.82 Å². The fourth-order valence-corrected chi connectivity index (χ4v) is 2.94. The zero-order chi connectivity index (χ0) is 15.0. The summed E-state index contributed by atoms with van der Waals surface area (Å²) in [6.07, 6.45) is 4.07. The zero-order valence-corrected chi connectivity index (χ0v) is 13.0. The monoisotopic (exact) mass is 288 g/mol. The van der Waals surface area contributed by atoms with Crippen molar-refractivity contribution in [2.24, 2.45) is 5.92 Å². The highest BCUT2D eigenvalue weighted by Gasteiger charge is 2.32. The summed E-state index contributed by atoms with van der Waals surface area (Å²) in [6.45, 7) is 8.52. The molecule has 5 nitrogen and oxygen atoms in total. The number of carbonyl (C=O) groups excluding carboxylic acids is 1. The van der Waals surface area contributed by atoms with E-state index in [1.807, 2.05) is 6.07 Å². The van der Waals surface area contributed by atoms with Crippen LogP contribution in [0.1, 0.15) is 55.8 Å². The quantitative estimate of drug-likeness (QED) is 0.918. The molecule has 2 fully saturated rings. The third-order valence-electron chi connectivity index (χ3n) is 4.56. The molecule has 2 atom stereocenters. The van der Waals surface area contributed by atoms with Gasteiger partial charge in [-0.05, 0) is 38.7 Å². The van der Waals surface area contributed by atoms with Gasteiger partial charge in [0.25, 0.3) is 5.91 Å². The summed E-state index contributed by atoms with van der Waals surface area (Å²) >= 11 is 0. The summed E-state index contributed by atoms with van der Waals surface area (Å²) in [5.41, 5.74) is 1.01. The molecule has 114 valence electrons. The molecule has 21 heavy (non-hydrogen) atoms. The first-order valence-corrected chi connectivity index (χ1v) is 7.92. The fraction of sp³-hybridized carbons (Fsp3) is 0.688. The zero-order valence-electron chi connectivity index (χ0n) is 13.0. The molecular weight excluding hydrogens is 264 g/mol. The van der Waals surface area contributed by atoms with Crippen LogP contribution in [-0.2, 0) is 0 Å². The molecule has 0 unspecified atom stereocenters. The van der Waals surface area contributed by atoms with Crippen LogP contribution in [0.25, 0.3) is 0 Å². The molecule has 1 amide bonds. The van der Waals surface area contributed by atoms with E-state index in [4.69, 9.17) is 0 Å². The molecule has 0 aromatic carbocycles. The van der Waals surface area contributed by atoms with E-state index in [0.717, 1.165) is 18.8 Å². The number of rotatable bonds is 4. The van der Waals surface area contributed by atoms with Gasteiger partial charge in [0, 0.05) is 43.0 Å². The van der Waals surface area contributed by atoms with Gasteiger partial charge in [-0.3, -0.25) is 9.69 Å². The van der Waals surface area contributed by atoms with Crippen molar-refractivity contribution in [3.63, 3.8) is 0 Å². The molecule has 0 bridgehead atoms. The Morgan fingerprint density at radius 1 is 1.38 bits per heavy atom. The number of aromatic nitrogens is 2. The van der Waals surface area contributed by atoms with Gasteiger partial charge < -0.3 is 5.32 Å². The summed E-state index contributed by atoms with van der Waals surface area (Å²) in [7, 11) is 0. The van der Waals surface area contributed by atoms with Crippen LogP contribution in [0.15, 0.2) is 12.3 Å². The van der Waals surface area contributed by atoms with Crippen molar-refractivity contribution in [3.05, 3.63) is 23.8 Å². The molecule has 2 aliphatic rings. The van der Waals surface area contributed by atoms with Crippen molar-refractivity contribution in [1.82, 2.24) is 20.2 Å². The highest BCUT2D eigenvalue weighted by molar-refractivity contribution is 5.90. The van der Waals surface area contributed by atoms with Gasteiger partial charge in [-0.25, -0.2) is 9.97 Å². The average Bonchev–Trinajstić information content (AvgIpc) is 3.24. The number of nitrogens with one attached hydrogen (secondary N) is 1. The second-order valence-corrected chi connectivity index (χ2v) is 6.68. The Kier molecular flexibility index (Phi) is 3.93. The maximum Gasteiger partial charge on any atom is 0.289 e. The molecule has 0 radical (unpaired) electrons. The molecule has 1 aromatic rings. The lowest BCUT2D eigenvalue weighted by atomic mass is 10.1. The summed E-state index contributed by atoms with van der Waals surface area (Å²) in [5.74, 6) is 1.18. The Hall–Kier alpha value is -1.49. The highest BCUT2D eigenvalue weighted by Crippen LogP contribution is 2.38. The maximum absolute atomic E-state index is 12.4. The molecule has 1 aliphatic carbocycles. The van der Waals surface area contributed by atoms with Gasteiger partial charge >= 0.3 is 0 Å². The van der Waals surface area contributed by atoms with E-state index in [1.54, 1.807) is 6.20 Å². The lowest BCUT2D eigenvalue weighted by molar-refractivity contribution is 0.0919. The van der Waals surface area contributed by atoms with Crippen molar-refractivity contribution >= 4 is 5.91 Å². The van der Waals surface area contributed by atoms with E-state index in [9.17, 15) is 4.79 Å². The minimum Gasteiger partial charge on any atom is -0.345 e. The van der Waals surface area contributed by atoms with E-state index in [0.29, 0.717) is 23.7 Å². The van der Waals surface area contributed by atoms with Gasteiger partial charge in [-0.15, -0.1) is 0 Å². The van der Waals surface area contributed by atoms with Crippen molar-refractivity contribution in [2.75, 3.05) is 13.1 Å². The summed E-state index contributed by atoms with van der Waals surface area (Å²) < 4.78 is 0. The van der Waals surface area contributed by atoms with Crippen LogP contribution in [0.5, 0.6) is 0 Å². The molecule has 1 aliphatic heterocycles. The molecule has 2 heterocycles. The van der Waals surface area contributed by atoms with Crippen molar-refractivity contribution in [2.45, 2.75) is 51.6 Å². The first-order valence-electron chi connectivity index (χ1n) is 7.92. The van der Waals surface area contributed by atoms with Crippen LogP contribution in [-0.4, -0.2) is 45.9 Å². The number of hydrogen-bond donors (Lipinski definition) is 1. The van der Waals surface area contributed by atoms with Gasteiger partial charge in [0.1, 0.15) is 0 Å². The van der Waals surface area contributed by atoms with Crippen molar-refractivity contribution < 1.29 is 4.79 Å². The molecule has 5 heteroatoms. The minimum absolute atomic E-state index is 0.139. The number of hydrogen-bond acceptors (Lipinski definition) is 4. The molecule has 3 rings (SSSR count). The largest absolute Gasteiger partial charge is 0.345 e. The van der Waals surface area contributed by atoms with E-state index < -0.39 is 0 Å². The maximum atomic E-state index is 12.4. The molecule has 1 saturated carbocycles. The topological polar surface area (TPSA) is 58.1 Å². The van der Waals surface area contributed by atoms with E-state index in [-0.39, 0.29) is 11.9 Å². The first-order chi connectivity index (χ1) is 10.0. The summed E-state index contributed by atoms with van der Waals surface area (Å²) in [4.78, 5) is 23.3. The number of carbonyl (C=O) groups is 1. The van der Waals surface area contributed by atoms with Gasteiger partial charge in [0.15, 0.2) is 0 Å². The Morgan fingerprint density at radius 3 is 2.76 bits per heavy atom. The van der Waals surface area contributed by atoms with E-state index >= 15 is 0 Å². The third-order valence-corrected chi connectivity index (χ3v) is 4.56. The minimum atomic E-state index is -0.139. The van der Waals surface area contributed by atoms with Crippen LogP contribution in [0.3, 0.4) is 0 Å². The number of nitrogens with zero attached hydrogens (tertiary/aromatic N) is 3. The Labute approximate surface area is 126 Å². The molecule has 1 aromatic heterocycles. The molecular formula is C16H24N4O. The predicted molar refractivity (Wildman–Crippen MR) is 81.1 cm³/mol. The van der Waals surface area contributed by atoms with Crippen molar-refractivity contribution in [3.8, 4) is 0 Å². The Bertz CT molecular complexity index is 527. The first kappa shape index (κ1) is 14.4. The van der Waals surface area contributed by atoms with Crippen LogP contribution in [0, 0.1) is 5.92 Å². The summed E-state index contributed by atoms with van der Waals surface area (Å²) in [5, 5.41) is 3.11. The predicted octanol–water partition coefficient (Wildman–Crippen LogP) is 1.81. The second kappa shape index (κ2) is 5.72. The van der Waals surface area contributed by atoms with E-state index in [1.165, 1.54) is 12.8 Å². The number of amides is 1. The van der Waals surface area contributed by atoms with Crippen LogP contribution >= 0.6 is 0 Å². The summed E-state index contributed by atoms with van der Waals surface area (Å²) in [6, 6.07) is 2.63. The highest BCUT2D eigenvalue weighted by atomic mass is 16.2. The van der Waals surface area contributed by atoms with Crippen LogP contribution in [0.2, 0.25) is 0 Å². The average molecular weight is 288 g/mol. The lowest BCUT2D eigenvalue weighted by Gasteiger charge is -2.20. The normalized spacial score (nSPS) is 26.3. The van der Waals surface area contributed by atoms with Crippen molar-refractivity contribution in [1.29, 1.82) is 0 Å². The van der Waals surface area contributed by atoms with Gasteiger partial charge in [-0.2, -0.15) is 0 Å². The number of likely N-dealkylation sites (tertiary alicyclic amines) is 1. The molecule has 1 saturated heterocycles. The van der Waals surface area contributed by atoms with Gasteiger partial charge in [0.05, 0.1) is 0 Å².